The summed E-state index contributed by atoms with van der Waals surface area (Å²) >= 11 is 0. The molecule has 0 bridgehead atoms. The van der Waals surface area contributed by atoms with E-state index in [1.807, 2.05) is 13.1 Å². The molecule has 2 aliphatic rings. The maximum absolute atomic E-state index is 5.36. The van der Waals surface area contributed by atoms with Crippen molar-refractivity contribution >= 4 is 5.69 Å². The van der Waals surface area contributed by atoms with Crippen LogP contribution in [0.5, 0.6) is 5.75 Å². The summed E-state index contributed by atoms with van der Waals surface area (Å²) in [5.74, 6) is 2.17. The van der Waals surface area contributed by atoms with Gasteiger partial charge in [-0.25, -0.2) is 0 Å². The Morgan fingerprint density at radius 2 is 1.88 bits per heavy atom. The van der Waals surface area contributed by atoms with Crippen LogP contribution in [0.15, 0.2) is 48.8 Å². The molecule has 2 aromatic heterocycles. The van der Waals surface area contributed by atoms with Crippen molar-refractivity contribution in [1.82, 2.24) is 14.8 Å². The lowest BCUT2D eigenvalue weighted by Crippen LogP contribution is -2.21. The molecule has 0 spiro atoms. The second-order valence-electron chi connectivity index (χ2n) is 9.50. The van der Waals surface area contributed by atoms with Crippen molar-refractivity contribution < 1.29 is 4.74 Å². The topological polar surface area (TPSA) is 52.0 Å². The monoisotopic (exact) mass is 430 g/mol. The summed E-state index contributed by atoms with van der Waals surface area (Å²) in [6, 6.07) is 13.6. The van der Waals surface area contributed by atoms with E-state index in [9.17, 15) is 0 Å². The normalized spacial score (nSPS) is 21.2. The third-order valence-electron chi connectivity index (χ3n) is 7.38. The second-order valence-corrected chi connectivity index (χ2v) is 9.50. The van der Waals surface area contributed by atoms with Gasteiger partial charge in [-0.05, 0) is 87.6 Å². The van der Waals surface area contributed by atoms with Crippen molar-refractivity contribution in [2.45, 2.75) is 63.8 Å². The van der Waals surface area contributed by atoms with E-state index < -0.39 is 0 Å². The first-order valence-electron chi connectivity index (χ1n) is 12.1. The third-order valence-corrected chi connectivity index (χ3v) is 7.38. The van der Waals surface area contributed by atoms with Crippen LogP contribution < -0.4 is 10.1 Å². The average molecular weight is 431 g/mol. The Morgan fingerprint density at radius 1 is 1.03 bits per heavy atom. The van der Waals surface area contributed by atoms with E-state index in [-0.39, 0.29) is 0 Å². The quantitative estimate of drug-likeness (QED) is 0.473. The molecule has 168 valence electrons. The van der Waals surface area contributed by atoms with Gasteiger partial charge in [-0.15, -0.1) is 0 Å². The molecule has 5 nitrogen and oxygen atoms in total. The SMILES string of the molecule is COc1ccc(C2CCC(CNc3cccc(-c4cnn(C5CCC5)c4)c3)CC2)nc1C. The number of benzene rings is 1. The molecule has 0 atom stereocenters. The van der Waals surface area contributed by atoms with Crippen molar-refractivity contribution in [1.29, 1.82) is 0 Å². The van der Waals surface area contributed by atoms with Crippen molar-refractivity contribution in [2.75, 3.05) is 19.0 Å². The predicted molar refractivity (Wildman–Crippen MR) is 129 cm³/mol. The van der Waals surface area contributed by atoms with Gasteiger partial charge < -0.3 is 10.1 Å². The van der Waals surface area contributed by atoms with E-state index in [0.29, 0.717) is 12.0 Å². The fraction of sp³-hybridized carbons (Fsp3) is 0.481. The lowest BCUT2D eigenvalue weighted by atomic mass is 9.80. The maximum atomic E-state index is 5.36. The molecular weight excluding hydrogens is 396 g/mol. The number of nitrogens with one attached hydrogen (secondary N) is 1. The van der Waals surface area contributed by atoms with Crippen LogP contribution in [0, 0.1) is 12.8 Å². The number of nitrogens with zero attached hydrogens (tertiary/aromatic N) is 3. The Kier molecular flexibility index (Phi) is 6.15. The number of hydrogen-bond donors (Lipinski definition) is 1. The largest absolute Gasteiger partial charge is 0.495 e. The molecule has 1 N–H and O–H groups in total. The summed E-state index contributed by atoms with van der Waals surface area (Å²) in [7, 11) is 1.71. The minimum atomic E-state index is 0.575. The van der Waals surface area contributed by atoms with Crippen LogP contribution in [-0.4, -0.2) is 28.4 Å². The summed E-state index contributed by atoms with van der Waals surface area (Å²) in [6.07, 6.45) is 13.0. The maximum Gasteiger partial charge on any atom is 0.140 e. The Hall–Kier alpha value is -2.82. The Morgan fingerprint density at radius 3 is 2.59 bits per heavy atom. The number of rotatable bonds is 7. The highest BCUT2D eigenvalue weighted by molar-refractivity contribution is 5.67. The first kappa shape index (κ1) is 21.0. The van der Waals surface area contributed by atoms with Gasteiger partial charge >= 0.3 is 0 Å². The van der Waals surface area contributed by atoms with Crippen LogP contribution in [0.2, 0.25) is 0 Å². The zero-order chi connectivity index (χ0) is 21.9. The molecule has 2 aliphatic carbocycles. The molecule has 32 heavy (non-hydrogen) atoms. The van der Waals surface area contributed by atoms with E-state index in [1.165, 1.54) is 67.5 Å². The molecule has 0 radical (unpaired) electrons. The van der Waals surface area contributed by atoms with Crippen molar-refractivity contribution in [2.24, 2.45) is 5.92 Å². The number of hydrogen-bond acceptors (Lipinski definition) is 4. The number of pyridine rings is 1. The van der Waals surface area contributed by atoms with Crippen molar-refractivity contribution in [3.05, 3.63) is 60.2 Å². The van der Waals surface area contributed by atoms with Crippen LogP contribution >= 0.6 is 0 Å². The van der Waals surface area contributed by atoms with Crippen molar-refractivity contribution in [3.63, 3.8) is 0 Å². The molecule has 0 amide bonds. The fourth-order valence-corrected chi connectivity index (χ4v) is 5.08. The Balaban J connectivity index is 1.14. The molecule has 2 heterocycles. The summed E-state index contributed by atoms with van der Waals surface area (Å²) in [6.45, 7) is 3.07. The number of ether oxygens (including phenoxy) is 1. The van der Waals surface area contributed by atoms with Gasteiger partial charge in [0.05, 0.1) is 25.0 Å². The second kappa shape index (κ2) is 9.35. The third kappa shape index (κ3) is 4.52. The van der Waals surface area contributed by atoms with Crippen LogP contribution in [0.1, 0.15) is 68.3 Å². The smallest absolute Gasteiger partial charge is 0.140 e. The van der Waals surface area contributed by atoms with Crippen LogP contribution in [0.25, 0.3) is 11.1 Å². The minimum Gasteiger partial charge on any atom is -0.495 e. The first-order valence-corrected chi connectivity index (χ1v) is 12.1. The zero-order valence-electron chi connectivity index (χ0n) is 19.3. The molecule has 2 fully saturated rings. The van der Waals surface area contributed by atoms with E-state index in [4.69, 9.17) is 9.72 Å². The van der Waals surface area contributed by atoms with Gasteiger partial charge in [-0.3, -0.25) is 9.67 Å². The Bertz CT molecular complexity index is 1050. The highest BCUT2D eigenvalue weighted by Crippen LogP contribution is 2.36. The molecule has 5 heteroatoms. The van der Waals surface area contributed by atoms with Crippen LogP contribution in [-0.2, 0) is 0 Å². The summed E-state index contributed by atoms with van der Waals surface area (Å²) < 4.78 is 7.51. The zero-order valence-corrected chi connectivity index (χ0v) is 19.3. The summed E-state index contributed by atoms with van der Waals surface area (Å²) in [4.78, 5) is 4.80. The molecule has 0 saturated heterocycles. The fourth-order valence-electron chi connectivity index (χ4n) is 5.08. The van der Waals surface area contributed by atoms with E-state index in [1.54, 1.807) is 7.11 Å². The highest BCUT2D eigenvalue weighted by Gasteiger charge is 2.24. The van der Waals surface area contributed by atoms with Gasteiger partial charge in [0.25, 0.3) is 0 Å². The van der Waals surface area contributed by atoms with Crippen LogP contribution in [0.3, 0.4) is 0 Å². The van der Waals surface area contributed by atoms with Gasteiger partial charge in [0.15, 0.2) is 0 Å². The lowest BCUT2D eigenvalue weighted by molar-refractivity contribution is 0.289. The molecule has 3 aromatic rings. The van der Waals surface area contributed by atoms with Gasteiger partial charge in [-0.1, -0.05) is 12.1 Å². The number of methoxy groups -OCH3 is 1. The molecule has 0 aliphatic heterocycles. The molecular formula is C27H34N4O. The number of aryl methyl sites for hydroxylation is 1. The van der Waals surface area contributed by atoms with E-state index in [0.717, 1.165) is 23.9 Å². The number of aromatic nitrogens is 3. The average Bonchev–Trinajstić information content (AvgIpc) is 3.26. The van der Waals surface area contributed by atoms with E-state index in [2.05, 4.69) is 57.7 Å². The molecule has 5 rings (SSSR count). The summed E-state index contributed by atoms with van der Waals surface area (Å²) in [5.41, 5.74) is 5.87. The van der Waals surface area contributed by atoms with Gasteiger partial charge in [0, 0.05) is 35.6 Å². The van der Waals surface area contributed by atoms with Gasteiger partial charge in [0.2, 0.25) is 0 Å². The van der Waals surface area contributed by atoms with E-state index >= 15 is 0 Å². The van der Waals surface area contributed by atoms with Crippen LogP contribution in [0.4, 0.5) is 5.69 Å². The minimum absolute atomic E-state index is 0.575. The van der Waals surface area contributed by atoms with Crippen molar-refractivity contribution in [3.8, 4) is 16.9 Å². The molecule has 0 unspecified atom stereocenters. The molecule has 2 saturated carbocycles. The Labute approximate surface area is 191 Å². The van der Waals surface area contributed by atoms with Gasteiger partial charge in [0.1, 0.15) is 5.75 Å². The number of anilines is 1. The summed E-state index contributed by atoms with van der Waals surface area (Å²) in [5, 5.41) is 8.29. The first-order chi connectivity index (χ1) is 15.7. The predicted octanol–water partition coefficient (Wildman–Crippen LogP) is 6.37. The molecule has 1 aromatic carbocycles. The highest BCUT2D eigenvalue weighted by atomic mass is 16.5. The standard InChI is InChI=1S/C27H34N4O/c1-19-27(32-2)14-13-26(30-19)21-11-9-20(10-12-21)16-28-24-6-3-5-22(15-24)23-17-29-31(18-23)25-7-4-8-25/h3,5-6,13-15,17-18,20-21,25,28H,4,7-12,16H2,1-2H3. The lowest BCUT2D eigenvalue weighted by Gasteiger charge is -2.29. The van der Waals surface area contributed by atoms with Gasteiger partial charge in [-0.2, -0.15) is 5.10 Å².